The molecule has 2 aliphatic rings. The maximum atomic E-state index is 13.1. The molecule has 0 bridgehead atoms. The Bertz CT molecular complexity index is 987. The number of likely N-dealkylation sites (tertiary alicyclic amines) is 1. The lowest BCUT2D eigenvalue weighted by molar-refractivity contribution is -0.137. The number of methoxy groups -OCH3 is 2. The molecule has 1 unspecified atom stereocenters. The van der Waals surface area contributed by atoms with Gasteiger partial charge in [-0.2, -0.15) is 0 Å². The zero-order chi connectivity index (χ0) is 23.4. The molecule has 2 aromatic rings. The molecule has 33 heavy (non-hydrogen) atoms. The van der Waals surface area contributed by atoms with Crippen LogP contribution in [0.15, 0.2) is 23.6 Å². The van der Waals surface area contributed by atoms with Gasteiger partial charge in [-0.05, 0) is 31.0 Å². The van der Waals surface area contributed by atoms with Gasteiger partial charge in [-0.3, -0.25) is 14.5 Å². The van der Waals surface area contributed by atoms with Crippen LogP contribution in [0.25, 0.3) is 0 Å². The lowest BCUT2D eigenvalue weighted by Gasteiger charge is -2.35. The van der Waals surface area contributed by atoms with Crippen molar-refractivity contribution in [1.29, 1.82) is 0 Å². The summed E-state index contributed by atoms with van der Waals surface area (Å²) in [7, 11) is 3.22. The smallest absolute Gasteiger partial charge is 0.228 e. The molecular formula is C24H32N4O4S. The molecule has 0 N–H and O–H groups in total. The highest BCUT2D eigenvalue weighted by Gasteiger charge is 2.37. The van der Waals surface area contributed by atoms with Crippen molar-refractivity contribution in [2.45, 2.75) is 26.3 Å². The van der Waals surface area contributed by atoms with E-state index in [1.165, 1.54) is 0 Å². The second-order valence-corrected chi connectivity index (χ2v) is 9.70. The summed E-state index contributed by atoms with van der Waals surface area (Å²) in [6.45, 7) is 7.04. The summed E-state index contributed by atoms with van der Waals surface area (Å²) in [5.41, 5.74) is 2.17. The average Bonchev–Trinajstić information content (AvgIpc) is 3.42. The lowest BCUT2D eigenvalue weighted by atomic mass is 10.1. The second kappa shape index (κ2) is 10.5. The molecule has 2 aliphatic heterocycles. The fourth-order valence-electron chi connectivity index (χ4n) is 4.55. The first kappa shape index (κ1) is 23.5. The van der Waals surface area contributed by atoms with Crippen molar-refractivity contribution in [2.75, 3.05) is 53.5 Å². The van der Waals surface area contributed by atoms with Crippen LogP contribution < -0.4 is 9.47 Å². The maximum Gasteiger partial charge on any atom is 0.228 e. The van der Waals surface area contributed by atoms with Crippen molar-refractivity contribution in [3.63, 3.8) is 0 Å². The molecule has 2 amide bonds. The molecule has 4 rings (SSSR count). The normalized spacial score (nSPS) is 19.2. The van der Waals surface area contributed by atoms with E-state index >= 15 is 0 Å². The van der Waals surface area contributed by atoms with E-state index < -0.39 is 0 Å². The van der Waals surface area contributed by atoms with Gasteiger partial charge < -0.3 is 19.3 Å². The van der Waals surface area contributed by atoms with Gasteiger partial charge in [0.2, 0.25) is 11.8 Å². The van der Waals surface area contributed by atoms with E-state index in [9.17, 15) is 9.59 Å². The van der Waals surface area contributed by atoms with E-state index in [1.807, 2.05) is 34.9 Å². The summed E-state index contributed by atoms with van der Waals surface area (Å²) in [4.78, 5) is 36.3. The van der Waals surface area contributed by atoms with Gasteiger partial charge in [0.15, 0.2) is 11.5 Å². The van der Waals surface area contributed by atoms with E-state index in [4.69, 9.17) is 9.47 Å². The SMILES string of the molecule is COc1ccc(CCN2CC(C(=O)N3CCN(Cc4csc(C)n4)CC3)CC2=O)cc1OC. The Morgan fingerprint density at radius 1 is 1.15 bits per heavy atom. The van der Waals surface area contributed by atoms with Crippen molar-refractivity contribution in [2.24, 2.45) is 5.92 Å². The quantitative estimate of drug-likeness (QED) is 0.587. The number of ether oxygens (including phenoxy) is 2. The van der Waals surface area contributed by atoms with E-state index in [-0.39, 0.29) is 17.7 Å². The van der Waals surface area contributed by atoms with Crippen LogP contribution in [-0.2, 0) is 22.6 Å². The third-order valence-corrected chi connectivity index (χ3v) is 7.24. The highest BCUT2D eigenvalue weighted by atomic mass is 32.1. The van der Waals surface area contributed by atoms with E-state index in [0.717, 1.165) is 35.9 Å². The highest BCUT2D eigenvalue weighted by Crippen LogP contribution is 2.28. The summed E-state index contributed by atoms with van der Waals surface area (Å²) in [5.74, 6) is 1.30. The van der Waals surface area contributed by atoms with Crippen molar-refractivity contribution < 1.29 is 19.1 Å². The molecule has 2 saturated heterocycles. The van der Waals surface area contributed by atoms with Gasteiger partial charge >= 0.3 is 0 Å². The number of hydrogen-bond donors (Lipinski definition) is 0. The molecule has 2 fully saturated rings. The number of carbonyl (C=O) groups is 2. The van der Waals surface area contributed by atoms with Crippen LogP contribution in [0.1, 0.15) is 22.7 Å². The van der Waals surface area contributed by atoms with Gasteiger partial charge in [0, 0.05) is 57.6 Å². The summed E-state index contributed by atoms with van der Waals surface area (Å²) >= 11 is 1.67. The zero-order valence-electron chi connectivity index (χ0n) is 19.6. The largest absolute Gasteiger partial charge is 0.493 e. The predicted molar refractivity (Wildman–Crippen MR) is 127 cm³/mol. The molecule has 178 valence electrons. The van der Waals surface area contributed by atoms with Gasteiger partial charge in [-0.25, -0.2) is 4.98 Å². The van der Waals surface area contributed by atoms with Gasteiger partial charge in [0.05, 0.1) is 30.8 Å². The molecule has 1 atom stereocenters. The monoisotopic (exact) mass is 472 g/mol. The topological polar surface area (TPSA) is 75.2 Å². The molecule has 1 aromatic carbocycles. The number of aromatic nitrogens is 1. The molecule has 8 nitrogen and oxygen atoms in total. The fraction of sp³-hybridized carbons (Fsp3) is 0.542. The molecule has 9 heteroatoms. The van der Waals surface area contributed by atoms with Crippen LogP contribution in [0.3, 0.4) is 0 Å². The summed E-state index contributed by atoms with van der Waals surface area (Å²) in [6, 6.07) is 5.80. The summed E-state index contributed by atoms with van der Waals surface area (Å²) in [5, 5.41) is 3.19. The Morgan fingerprint density at radius 3 is 2.58 bits per heavy atom. The van der Waals surface area contributed by atoms with Gasteiger partial charge in [-0.1, -0.05) is 6.07 Å². The van der Waals surface area contributed by atoms with Gasteiger partial charge in [0.25, 0.3) is 0 Å². The van der Waals surface area contributed by atoms with E-state index in [1.54, 1.807) is 25.6 Å². The standard InChI is InChI=1S/C24H32N4O4S/c1-17-25-20(16-33-17)15-26-8-10-27(11-9-26)24(30)19-13-23(29)28(14-19)7-6-18-4-5-21(31-2)22(12-18)32-3/h4-5,12,16,19H,6-11,13-15H2,1-3H3. The molecule has 1 aromatic heterocycles. The molecule has 0 aliphatic carbocycles. The second-order valence-electron chi connectivity index (χ2n) is 8.64. The number of carbonyl (C=O) groups excluding carboxylic acids is 2. The van der Waals surface area contributed by atoms with E-state index in [0.29, 0.717) is 50.5 Å². The van der Waals surface area contributed by atoms with Crippen molar-refractivity contribution in [3.05, 3.63) is 39.8 Å². The first-order valence-electron chi connectivity index (χ1n) is 11.4. The fourth-order valence-corrected chi connectivity index (χ4v) is 5.15. The Balaban J connectivity index is 1.25. The Hall–Kier alpha value is -2.65. The van der Waals surface area contributed by atoms with Crippen molar-refractivity contribution in [3.8, 4) is 11.5 Å². The highest BCUT2D eigenvalue weighted by molar-refractivity contribution is 7.09. The number of piperazine rings is 1. The van der Waals surface area contributed by atoms with Gasteiger partial charge in [0.1, 0.15) is 0 Å². The van der Waals surface area contributed by atoms with Crippen LogP contribution in [-0.4, -0.2) is 85.0 Å². The number of aryl methyl sites for hydroxylation is 1. The lowest BCUT2D eigenvalue weighted by Crippen LogP contribution is -2.50. The Morgan fingerprint density at radius 2 is 1.91 bits per heavy atom. The Labute approximate surface area is 199 Å². The maximum absolute atomic E-state index is 13.1. The zero-order valence-corrected chi connectivity index (χ0v) is 20.4. The number of amides is 2. The Kier molecular flexibility index (Phi) is 7.49. The number of nitrogens with zero attached hydrogens (tertiary/aromatic N) is 4. The van der Waals surface area contributed by atoms with Crippen LogP contribution in [0.4, 0.5) is 0 Å². The van der Waals surface area contributed by atoms with Crippen LogP contribution in [0.2, 0.25) is 0 Å². The van der Waals surface area contributed by atoms with Crippen molar-refractivity contribution >= 4 is 23.2 Å². The minimum atomic E-state index is -0.240. The molecule has 0 spiro atoms. The van der Waals surface area contributed by atoms with Crippen LogP contribution >= 0.6 is 11.3 Å². The van der Waals surface area contributed by atoms with Crippen LogP contribution in [0.5, 0.6) is 11.5 Å². The average molecular weight is 473 g/mol. The molecule has 3 heterocycles. The van der Waals surface area contributed by atoms with Crippen molar-refractivity contribution in [1.82, 2.24) is 19.7 Å². The minimum Gasteiger partial charge on any atom is -0.493 e. The van der Waals surface area contributed by atoms with Gasteiger partial charge in [-0.15, -0.1) is 11.3 Å². The summed E-state index contributed by atoms with van der Waals surface area (Å²) < 4.78 is 10.6. The number of rotatable bonds is 8. The third-order valence-electron chi connectivity index (χ3n) is 6.42. The predicted octanol–water partition coefficient (Wildman–Crippen LogP) is 2.20. The molecule has 0 radical (unpaired) electrons. The summed E-state index contributed by atoms with van der Waals surface area (Å²) in [6.07, 6.45) is 1.02. The molecule has 0 saturated carbocycles. The van der Waals surface area contributed by atoms with Crippen LogP contribution in [0, 0.1) is 12.8 Å². The first-order chi connectivity index (χ1) is 16.0. The molecular weight excluding hydrogens is 440 g/mol. The van der Waals surface area contributed by atoms with E-state index in [2.05, 4.69) is 15.3 Å². The first-order valence-corrected chi connectivity index (χ1v) is 12.3. The third kappa shape index (κ3) is 5.65. The number of thiazole rings is 1. The number of benzene rings is 1. The minimum absolute atomic E-state index is 0.0614. The number of hydrogen-bond acceptors (Lipinski definition) is 7.